The highest BCUT2D eigenvalue weighted by Gasteiger charge is 2.33. The molecular formula is C29H29N3O4S2. The van der Waals surface area contributed by atoms with Gasteiger partial charge in [0, 0.05) is 25.5 Å². The van der Waals surface area contributed by atoms with Gasteiger partial charge in [-0.05, 0) is 66.1 Å². The van der Waals surface area contributed by atoms with Crippen molar-refractivity contribution in [1.82, 2.24) is 0 Å². The second-order valence-electron chi connectivity index (χ2n) is 8.69. The number of methoxy groups -OCH3 is 1. The molecule has 7 nitrogen and oxygen atoms in total. The molecule has 3 aromatic carbocycles. The molecule has 9 heteroatoms. The van der Waals surface area contributed by atoms with Gasteiger partial charge in [-0.15, -0.1) is 0 Å². The fraction of sp³-hybridized carbons (Fsp3) is 0.207. The van der Waals surface area contributed by atoms with Crippen LogP contribution in [-0.4, -0.2) is 43.9 Å². The number of hydrogen-bond donors (Lipinski definition) is 1. The summed E-state index contributed by atoms with van der Waals surface area (Å²) < 4.78 is 11.7. The molecule has 0 unspecified atom stereocenters. The first-order valence-electron chi connectivity index (χ1n) is 12.0. The third-order valence-corrected chi connectivity index (χ3v) is 7.24. The highest BCUT2D eigenvalue weighted by atomic mass is 32.2. The predicted molar refractivity (Wildman–Crippen MR) is 159 cm³/mol. The molecule has 1 fully saturated rings. The number of nitrogens with one attached hydrogen (secondary N) is 1. The van der Waals surface area contributed by atoms with Gasteiger partial charge in [-0.25, -0.2) is 0 Å². The number of para-hydroxylation sites is 1. The average molecular weight is 548 g/mol. The zero-order valence-electron chi connectivity index (χ0n) is 21.7. The summed E-state index contributed by atoms with van der Waals surface area (Å²) in [5, 5.41) is 2.89. The predicted octanol–water partition coefficient (Wildman–Crippen LogP) is 5.75. The zero-order valence-corrected chi connectivity index (χ0v) is 23.3. The molecular weight excluding hydrogens is 518 g/mol. The molecule has 0 radical (unpaired) electrons. The van der Waals surface area contributed by atoms with Crippen LogP contribution < -0.4 is 24.6 Å². The number of thioether (sulfide) groups is 1. The number of carbonyl (C=O) groups excluding carboxylic acids is 2. The number of aryl methyl sites for hydroxylation is 1. The molecule has 4 rings (SSSR count). The van der Waals surface area contributed by atoms with Crippen molar-refractivity contribution in [1.29, 1.82) is 0 Å². The second kappa shape index (κ2) is 12.1. The van der Waals surface area contributed by atoms with Crippen LogP contribution in [-0.2, 0) is 16.0 Å². The van der Waals surface area contributed by atoms with Gasteiger partial charge in [0.15, 0.2) is 22.4 Å². The van der Waals surface area contributed by atoms with E-state index in [0.29, 0.717) is 20.7 Å². The number of amides is 2. The van der Waals surface area contributed by atoms with Crippen LogP contribution in [0, 0.1) is 0 Å². The highest BCUT2D eigenvalue weighted by molar-refractivity contribution is 8.27. The monoisotopic (exact) mass is 547 g/mol. The first kappa shape index (κ1) is 27.2. The largest absolute Gasteiger partial charge is 0.493 e. The lowest BCUT2D eigenvalue weighted by molar-refractivity contribution is -0.118. The Balaban J connectivity index is 1.45. The zero-order chi connectivity index (χ0) is 27.2. The Kier molecular flexibility index (Phi) is 8.70. The SMILES string of the molecule is CCc1ccccc1NC(=O)COc1ccc(/C=C2\SC(=S)N(c3ccc(N(C)C)cc3)C2=O)cc1OC. The van der Waals surface area contributed by atoms with Gasteiger partial charge >= 0.3 is 0 Å². The van der Waals surface area contributed by atoms with Crippen molar-refractivity contribution in [2.24, 2.45) is 0 Å². The minimum Gasteiger partial charge on any atom is -0.493 e. The Labute approximate surface area is 232 Å². The Morgan fingerprint density at radius 2 is 1.82 bits per heavy atom. The fourth-order valence-electron chi connectivity index (χ4n) is 3.91. The van der Waals surface area contributed by atoms with E-state index in [0.717, 1.165) is 34.6 Å². The third-order valence-electron chi connectivity index (χ3n) is 5.93. The van der Waals surface area contributed by atoms with Crippen molar-refractivity contribution in [2.75, 3.05) is 42.9 Å². The maximum absolute atomic E-state index is 13.2. The van der Waals surface area contributed by atoms with Crippen molar-refractivity contribution in [2.45, 2.75) is 13.3 Å². The van der Waals surface area contributed by atoms with Crippen LogP contribution >= 0.6 is 24.0 Å². The number of thiocarbonyl (C=S) groups is 1. The normalized spacial score (nSPS) is 14.1. The molecule has 1 N–H and O–H groups in total. The van der Waals surface area contributed by atoms with Gasteiger partial charge in [-0.1, -0.05) is 55.2 Å². The molecule has 0 aromatic heterocycles. The lowest BCUT2D eigenvalue weighted by Gasteiger charge is -2.17. The van der Waals surface area contributed by atoms with E-state index in [-0.39, 0.29) is 18.4 Å². The number of nitrogens with zero attached hydrogens (tertiary/aromatic N) is 2. The fourth-order valence-corrected chi connectivity index (χ4v) is 5.21. The molecule has 3 aromatic rings. The maximum Gasteiger partial charge on any atom is 0.270 e. The van der Waals surface area contributed by atoms with Gasteiger partial charge < -0.3 is 19.7 Å². The Morgan fingerprint density at radius 3 is 2.50 bits per heavy atom. The molecule has 1 saturated heterocycles. The van der Waals surface area contributed by atoms with E-state index in [1.165, 1.54) is 23.8 Å². The molecule has 1 aliphatic heterocycles. The number of anilines is 3. The molecule has 0 bridgehead atoms. The summed E-state index contributed by atoms with van der Waals surface area (Å²) in [5.41, 5.74) is 4.34. The standard InChI is InChI=1S/C29H29N3O4S2/c1-5-20-8-6-7-9-23(20)30-27(33)18-36-24-15-10-19(16-25(24)35-4)17-26-28(34)32(29(37)38-26)22-13-11-21(12-14-22)31(2)3/h6-17H,5,18H2,1-4H3,(H,30,33)/b26-17-. The van der Waals surface area contributed by atoms with Crippen molar-refractivity contribution in [3.63, 3.8) is 0 Å². The molecule has 0 spiro atoms. The minimum atomic E-state index is -0.265. The summed E-state index contributed by atoms with van der Waals surface area (Å²) in [6.07, 6.45) is 2.59. The van der Waals surface area contributed by atoms with Gasteiger partial charge in [0.1, 0.15) is 0 Å². The van der Waals surface area contributed by atoms with Crippen LogP contribution in [0.4, 0.5) is 17.1 Å². The second-order valence-corrected chi connectivity index (χ2v) is 10.4. The molecule has 1 heterocycles. The number of hydrogen-bond acceptors (Lipinski definition) is 7. The molecule has 196 valence electrons. The van der Waals surface area contributed by atoms with Crippen LogP contribution in [0.25, 0.3) is 6.08 Å². The molecule has 0 atom stereocenters. The van der Waals surface area contributed by atoms with Crippen LogP contribution in [0.2, 0.25) is 0 Å². The molecule has 38 heavy (non-hydrogen) atoms. The van der Waals surface area contributed by atoms with Gasteiger partial charge in [0.05, 0.1) is 17.7 Å². The average Bonchev–Trinajstić information content (AvgIpc) is 3.20. The van der Waals surface area contributed by atoms with Crippen molar-refractivity contribution < 1.29 is 19.1 Å². The van der Waals surface area contributed by atoms with E-state index < -0.39 is 0 Å². The first-order valence-corrected chi connectivity index (χ1v) is 13.3. The number of rotatable bonds is 9. The summed E-state index contributed by atoms with van der Waals surface area (Å²) in [6.45, 7) is 1.87. The molecule has 0 saturated carbocycles. The van der Waals surface area contributed by atoms with E-state index in [1.807, 2.05) is 74.4 Å². The van der Waals surface area contributed by atoms with E-state index in [4.69, 9.17) is 21.7 Å². The smallest absolute Gasteiger partial charge is 0.270 e. The van der Waals surface area contributed by atoms with Gasteiger partial charge in [0.25, 0.3) is 11.8 Å². The van der Waals surface area contributed by atoms with E-state index in [9.17, 15) is 9.59 Å². The minimum absolute atomic E-state index is 0.168. The summed E-state index contributed by atoms with van der Waals surface area (Å²) in [5.74, 6) is 0.438. The molecule has 0 aliphatic carbocycles. The summed E-state index contributed by atoms with van der Waals surface area (Å²) in [4.78, 5) is 29.7. The van der Waals surface area contributed by atoms with Crippen LogP contribution in [0.15, 0.2) is 71.6 Å². The van der Waals surface area contributed by atoms with Crippen LogP contribution in [0.5, 0.6) is 11.5 Å². The first-order chi connectivity index (χ1) is 18.3. The highest BCUT2D eigenvalue weighted by Crippen LogP contribution is 2.37. The number of ether oxygens (including phenoxy) is 2. The lowest BCUT2D eigenvalue weighted by atomic mass is 10.1. The summed E-state index contributed by atoms with van der Waals surface area (Å²) in [7, 11) is 5.45. The van der Waals surface area contributed by atoms with Gasteiger partial charge in [0.2, 0.25) is 0 Å². The van der Waals surface area contributed by atoms with E-state index in [1.54, 1.807) is 24.3 Å². The van der Waals surface area contributed by atoms with Crippen molar-refractivity contribution >= 4 is 63.3 Å². The molecule has 2 amide bonds. The Hall–Kier alpha value is -3.82. The molecule has 1 aliphatic rings. The van der Waals surface area contributed by atoms with E-state index >= 15 is 0 Å². The summed E-state index contributed by atoms with van der Waals surface area (Å²) in [6, 6.07) is 20.6. The van der Waals surface area contributed by atoms with Crippen LogP contribution in [0.3, 0.4) is 0 Å². The van der Waals surface area contributed by atoms with Crippen molar-refractivity contribution in [3.8, 4) is 11.5 Å². The number of benzene rings is 3. The third kappa shape index (κ3) is 6.17. The topological polar surface area (TPSA) is 71.1 Å². The summed E-state index contributed by atoms with van der Waals surface area (Å²) >= 11 is 6.75. The lowest BCUT2D eigenvalue weighted by Crippen LogP contribution is -2.27. The Bertz CT molecular complexity index is 1390. The van der Waals surface area contributed by atoms with E-state index in [2.05, 4.69) is 5.32 Å². The Morgan fingerprint density at radius 1 is 1.08 bits per heavy atom. The maximum atomic E-state index is 13.2. The van der Waals surface area contributed by atoms with Gasteiger partial charge in [-0.2, -0.15) is 0 Å². The van der Waals surface area contributed by atoms with Gasteiger partial charge in [-0.3, -0.25) is 14.5 Å². The van der Waals surface area contributed by atoms with Crippen molar-refractivity contribution in [3.05, 3.63) is 82.8 Å². The van der Waals surface area contributed by atoms with Crippen LogP contribution in [0.1, 0.15) is 18.1 Å². The number of carbonyl (C=O) groups is 2. The quantitative estimate of drug-likeness (QED) is 0.270.